The molecule has 0 radical (unpaired) electrons. The second-order valence-electron chi connectivity index (χ2n) is 6.65. The van der Waals surface area contributed by atoms with Crippen LogP contribution in [0.2, 0.25) is 0 Å². The molecule has 0 aliphatic carbocycles. The Hall–Kier alpha value is -2.74. The number of aromatic nitrogens is 3. The zero-order valence-electron chi connectivity index (χ0n) is 15.3. The van der Waals surface area contributed by atoms with Gasteiger partial charge in [0.15, 0.2) is 5.69 Å². The van der Waals surface area contributed by atoms with Crippen LogP contribution in [0, 0.1) is 0 Å². The van der Waals surface area contributed by atoms with E-state index in [2.05, 4.69) is 15.4 Å². The fourth-order valence-corrected chi connectivity index (χ4v) is 2.81. The second-order valence-corrected chi connectivity index (χ2v) is 6.65. The smallest absolute Gasteiger partial charge is 0.272 e. The lowest BCUT2D eigenvalue weighted by molar-refractivity contribution is -0.137. The molecular weight excluding hydrogens is 332 g/mol. The highest BCUT2D eigenvalue weighted by Gasteiger charge is 2.27. The van der Waals surface area contributed by atoms with Crippen molar-refractivity contribution in [3.63, 3.8) is 0 Å². The first-order valence-electron chi connectivity index (χ1n) is 8.65. The number of hydrogen-bond donors (Lipinski definition) is 1. The molecule has 1 unspecified atom stereocenters. The zero-order chi connectivity index (χ0) is 18.7. The molecule has 2 aromatic rings. The van der Waals surface area contributed by atoms with Crippen molar-refractivity contribution >= 4 is 11.8 Å². The molecular formula is C18H24N6O2. The fraction of sp³-hybridized carbons (Fsp3) is 0.444. The summed E-state index contributed by atoms with van der Waals surface area (Å²) < 4.78 is 1.81. The number of amides is 2. The molecule has 26 heavy (non-hydrogen) atoms. The van der Waals surface area contributed by atoms with Crippen molar-refractivity contribution in [2.24, 2.45) is 0 Å². The molecule has 8 nitrogen and oxygen atoms in total. The van der Waals surface area contributed by atoms with Crippen molar-refractivity contribution in [1.82, 2.24) is 29.9 Å². The van der Waals surface area contributed by atoms with Gasteiger partial charge in [0.1, 0.15) is 0 Å². The van der Waals surface area contributed by atoms with E-state index in [4.69, 9.17) is 0 Å². The van der Waals surface area contributed by atoms with Crippen LogP contribution >= 0.6 is 0 Å². The Morgan fingerprint density at radius 1 is 1.31 bits per heavy atom. The SMILES string of the molecule is CC(C(=O)N1CCn2nc(C(=O)NCc3ccccn3)cc2C1)N(C)C. The number of nitrogens with zero attached hydrogens (tertiary/aromatic N) is 5. The van der Waals surface area contributed by atoms with Gasteiger partial charge in [-0.1, -0.05) is 6.07 Å². The maximum absolute atomic E-state index is 12.5. The van der Waals surface area contributed by atoms with Crippen LogP contribution in [0.4, 0.5) is 0 Å². The number of rotatable bonds is 5. The van der Waals surface area contributed by atoms with Crippen LogP contribution in [0.25, 0.3) is 0 Å². The summed E-state index contributed by atoms with van der Waals surface area (Å²) in [5, 5.41) is 7.20. The van der Waals surface area contributed by atoms with Crippen molar-refractivity contribution in [1.29, 1.82) is 0 Å². The van der Waals surface area contributed by atoms with Crippen molar-refractivity contribution < 1.29 is 9.59 Å². The number of nitrogens with one attached hydrogen (secondary N) is 1. The highest BCUT2D eigenvalue weighted by atomic mass is 16.2. The summed E-state index contributed by atoms with van der Waals surface area (Å²) in [5.41, 5.74) is 2.03. The number of pyridine rings is 1. The van der Waals surface area contributed by atoms with Crippen molar-refractivity contribution in [2.75, 3.05) is 20.6 Å². The van der Waals surface area contributed by atoms with Gasteiger partial charge in [0.2, 0.25) is 5.91 Å². The third-order valence-electron chi connectivity index (χ3n) is 4.63. The molecule has 0 saturated carbocycles. The first-order chi connectivity index (χ1) is 12.5. The zero-order valence-corrected chi connectivity index (χ0v) is 15.3. The first-order valence-corrected chi connectivity index (χ1v) is 8.65. The molecule has 8 heteroatoms. The van der Waals surface area contributed by atoms with Gasteiger partial charge in [-0.2, -0.15) is 5.10 Å². The van der Waals surface area contributed by atoms with Gasteiger partial charge in [0, 0.05) is 12.7 Å². The predicted molar refractivity (Wildman–Crippen MR) is 96.2 cm³/mol. The minimum absolute atomic E-state index is 0.0867. The molecule has 1 atom stereocenters. The Bertz CT molecular complexity index is 786. The summed E-state index contributed by atoms with van der Waals surface area (Å²) in [6, 6.07) is 7.15. The highest BCUT2D eigenvalue weighted by Crippen LogP contribution is 2.15. The minimum Gasteiger partial charge on any atom is -0.345 e. The van der Waals surface area contributed by atoms with E-state index in [-0.39, 0.29) is 17.9 Å². The highest BCUT2D eigenvalue weighted by molar-refractivity contribution is 5.92. The summed E-state index contributed by atoms with van der Waals surface area (Å²) in [4.78, 5) is 32.8. The number of carbonyl (C=O) groups is 2. The van der Waals surface area contributed by atoms with E-state index in [1.54, 1.807) is 16.9 Å². The van der Waals surface area contributed by atoms with Gasteiger partial charge >= 0.3 is 0 Å². The topological polar surface area (TPSA) is 83.4 Å². The number of fused-ring (bicyclic) bond motifs is 1. The Balaban J connectivity index is 1.63. The Morgan fingerprint density at radius 3 is 2.81 bits per heavy atom. The predicted octanol–water partition coefficient (Wildman–Crippen LogP) is 0.500. The Morgan fingerprint density at radius 2 is 2.12 bits per heavy atom. The van der Waals surface area contributed by atoms with E-state index in [1.807, 2.05) is 49.0 Å². The van der Waals surface area contributed by atoms with Crippen LogP contribution < -0.4 is 5.32 Å². The van der Waals surface area contributed by atoms with E-state index in [9.17, 15) is 9.59 Å². The molecule has 0 bridgehead atoms. The standard InChI is InChI=1S/C18H24N6O2/c1-13(22(2)3)18(26)23-8-9-24-15(12-23)10-16(21-24)17(25)20-11-14-6-4-5-7-19-14/h4-7,10,13H,8-9,11-12H2,1-3H3,(H,20,25). The molecule has 1 aliphatic heterocycles. The van der Waals surface area contributed by atoms with Crippen LogP contribution in [-0.4, -0.2) is 63.1 Å². The monoisotopic (exact) mass is 356 g/mol. The van der Waals surface area contributed by atoms with Gasteiger partial charge < -0.3 is 10.2 Å². The van der Waals surface area contributed by atoms with Gasteiger partial charge in [-0.3, -0.25) is 24.2 Å². The third kappa shape index (κ3) is 3.91. The first kappa shape index (κ1) is 18.1. The van der Waals surface area contributed by atoms with E-state index in [1.165, 1.54) is 0 Å². The summed E-state index contributed by atoms with van der Waals surface area (Å²) in [6.45, 7) is 3.91. The number of hydrogen-bond acceptors (Lipinski definition) is 5. The summed E-state index contributed by atoms with van der Waals surface area (Å²) in [7, 11) is 3.78. The number of carbonyl (C=O) groups excluding carboxylic acids is 2. The second kappa shape index (κ2) is 7.65. The van der Waals surface area contributed by atoms with Crippen LogP contribution in [0.5, 0.6) is 0 Å². The van der Waals surface area contributed by atoms with Crippen LogP contribution in [0.3, 0.4) is 0 Å². The molecule has 1 aliphatic rings. The van der Waals surface area contributed by atoms with Gasteiger partial charge in [0.25, 0.3) is 5.91 Å². The lowest BCUT2D eigenvalue weighted by Gasteiger charge is -2.31. The van der Waals surface area contributed by atoms with Gasteiger partial charge in [0.05, 0.1) is 37.1 Å². The van der Waals surface area contributed by atoms with Crippen LogP contribution in [-0.2, 0) is 24.4 Å². The largest absolute Gasteiger partial charge is 0.345 e. The molecule has 0 spiro atoms. The molecule has 3 heterocycles. The lowest BCUT2D eigenvalue weighted by Crippen LogP contribution is -2.47. The average molecular weight is 356 g/mol. The Kier molecular flexibility index (Phi) is 5.32. The van der Waals surface area contributed by atoms with Gasteiger partial charge in [-0.25, -0.2) is 0 Å². The van der Waals surface area contributed by atoms with Crippen LogP contribution in [0.15, 0.2) is 30.5 Å². The third-order valence-corrected chi connectivity index (χ3v) is 4.63. The molecule has 3 rings (SSSR count). The van der Waals surface area contributed by atoms with Gasteiger partial charge in [-0.05, 0) is 39.2 Å². The fourth-order valence-electron chi connectivity index (χ4n) is 2.81. The van der Waals surface area contributed by atoms with Gasteiger partial charge in [-0.15, -0.1) is 0 Å². The molecule has 138 valence electrons. The summed E-state index contributed by atoms with van der Waals surface area (Å²) >= 11 is 0. The Labute approximate surface area is 152 Å². The normalized spacial score (nSPS) is 14.8. The summed E-state index contributed by atoms with van der Waals surface area (Å²) in [6.07, 6.45) is 1.69. The average Bonchev–Trinajstić information content (AvgIpc) is 3.09. The van der Waals surface area contributed by atoms with Crippen molar-refractivity contribution in [2.45, 2.75) is 32.6 Å². The number of likely N-dealkylation sites (N-methyl/N-ethyl adjacent to an activating group) is 1. The minimum atomic E-state index is -0.239. The van der Waals surface area contributed by atoms with Crippen molar-refractivity contribution in [3.8, 4) is 0 Å². The van der Waals surface area contributed by atoms with E-state index in [0.717, 1.165) is 11.4 Å². The molecule has 0 fully saturated rings. The molecule has 2 aromatic heterocycles. The van der Waals surface area contributed by atoms with E-state index < -0.39 is 0 Å². The lowest BCUT2D eigenvalue weighted by atomic mass is 10.2. The summed E-state index contributed by atoms with van der Waals surface area (Å²) in [5.74, 6) is -0.152. The quantitative estimate of drug-likeness (QED) is 0.844. The van der Waals surface area contributed by atoms with Crippen LogP contribution in [0.1, 0.15) is 28.8 Å². The maximum Gasteiger partial charge on any atom is 0.272 e. The van der Waals surface area contributed by atoms with E-state index >= 15 is 0 Å². The van der Waals surface area contributed by atoms with Crippen molar-refractivity contribution in [3.05, 3.63) is 47.5 Å². The molecule has 1 N–H and O–H groups in total. The van der Waals surface area contributed by atoms with E-state index in [0.29, 0.717) is 31.9 Å². The molecule has 0 aromatic carbocycles. The molecule has 0 saturated heterocycles. The molecule has 2 amide bonds. The maximum atomic E-state index is 12.5.